The Bertz CT molecular complexity index is 648. The number of hydrogen-bond acceptors (Lipinski definition) is 3. The molecule has 16 heavy (non-hydrogen) atoms. The predicted octanol–water partition coefficient (Wildman–Crippen LogP) is 1.02. The van der Waals surface area contributed by atoms with Gasteiger partial charge in [0.2, 0.25) is 11.3 Å². The molecule has 6 heteroatoms. The number of aromatic nitrogens is 2. The van der Waals surface area contributed by atoms with Crippen molar-refractivity contribution in [2.75, 3.05) is 0 Å². The molecule has 1 aromatic heterocycles. The number of rotatable bonds is 1. The molecule has 0 aliphatic heterocycles. The number of hydrogen-bond donors (Lipinski definition) is 1. The third-order valence-electron chi connectivity index (χ3n) is 2.18. The third-order valence-corrected chi connectivity index (χ3v) is 2.41. The van der Waals surface area contributed by atoms with Gasteiger partial charge < -0.3 is 10.2 Å². The second kappa shape index (κ2) is 3.61. The number of benzene rings is 1. The quantitative estimate of drug-likeness (QED) is 0.458. The highest BCUT2D eigenvalue weighted by atomic mass is 35.5. The van der Waals surface area contributed by atoms with Crippen LogP contribution in [0.1, 0.15) is 17.4 Å². The normalized spacial score (nSPS) is 10.6. The van der Waals surface area contributed by atoms with Crippen molar-refractivity contribution in [1.82, 2.24) is 4.98 Å². The Morgan fingerprint density at radius 1 is 1.50 bits per heavy atom. The molecule has 0 aliphatic carbocycles. The number of H-pyrrole nitrogens is 1. The number of fused-ring (bicyclic) bond motifs is 1. The van der Waals surface area contributed by atoms with Gasteiger partial charge in [0, 0.05) is 18.0 Å². The van der Waals surface area contributed by atoms with Gasteiger partial charge in [-0.2, -0.15) is 4.73 Å². The van der Waals surface area contributed by atoms with Crippen molar-refractivity contribution < 1.29 is 9.52 Å². The van der Waals surface area contributed by atoms with Gasteiger partial charge in [-0.25, -0.2) is 0 Å². The van der Waals surface area contributed by atoms with Crippen LogP contribution in [-0.4, -0.2) is 10.8 Å². The van der Waals surface area contributed by atoms with Gasteiger partial charge in [-0.3, -0.25) is 9.59 Å². The Kier molecular flexibility index (Phi) is 2.40. The molecule has 0 atom stereocenters. The summed E-state index contributed by atoms with van der Waals surface area (Å²) in [6.07, 6.45) is 0. The summed E-state index contributed by atoms with van der Waals surface area (Å²) in [6, 6.07) is 4.46. The van der Waals surface area contributed by atoms with E-state index in [1.165, 1.54) is 12.1 Å². The maximum atomic E-state index is 11.8. The van der Waals surface area contributed by atoms with Crippen LogP contribution in [0.2, 0.25) is 5.02 Å². The zero-order valence-corrected chi connectivity index (χ0v) is 9.04. The molecule has 2 aromatic rings. The summed E-state index contributed by atoms with van der Waals surface area (Å²) in [4.78, 5) is 25.0. The van der Waals surface area contributed by atoms with Gasteiger partial charge in [-0.15, -0.1) is 0 Å². The molecular weight excluding hydrogens is 232 g/mol. The predicted molar refractivity (Wildman–Crippen MR) is 58.5 cm³/mol. The first kappa shape index (κ1) is 10.6. The van der Waals surface area contributed by atoms with Crippen LogP contribution >= 0.6 is 11.6 Å². The number of carbonyl (C=O) groups excluding carboxylic acids is 1. The Balaban J connectivity index is 2.96. The van der Waals surface area contributed by atoms with Gasteiger partial charge in [-0.05, 0) is 12.1 Å². The maximum Gasteiger partial charge on any atom is 0.325 e. The smallest absolute Gasteiger partial charge is 0.325 e. The minimum atomic E-state index is -0.697. The fourth-order valence-electron chi connectivity index (χ4n) is 1.48. The Hall–Kier alpha value is -1.88. The van der Waals surface area contributed by atoms with Crippen LogP contribution in [0.25, 0.3) is 11.0 Å². The lowest BCUT2D eigenvalue weighted by atomic mass is 10.2. The summed E-state index contributed by atoms with van der Waals surface area (Å²) in [6.45, 7) is 1.16. The van der Waals surface area contributed by atoms with Gasteiger partial charge in [0.25, 0.3) is 0 Å². The van der Waals surface area contributed by atoms with Gasteiger partial charge in [0.1, 0.15) is 5.52 Å². The average Bonchev–Trinajstić information content (AvgIpc) is 2.19. The molecular formula is C10H7ClN2O3. The van der Waals surface area contributed by atoms with Crippen LogP contribution in [0.5, 0.6) is 0 Å². The van der Waals surface area contributed by atoms with Gasteiger partial charge in [-0.1, -0.05) is 11.6 Å². The Labute approximate surface area is 94.9 Å². The molecule has 0 spiro atoms. The molecule has 5 nitrogen and oxygen atoms in total. The maximum absolute atomic E-state index is 11.8. The summed E-state index contributed by atoms with van der Waals surface area (Å²) in [5.74, 6) is -0.585. The number of Topliss-reactive ketones (excluding diaryl/α,β-unsaturated/α-hetero) is 1. The van der Waals surface area contributed by atoms with Crippen LogP contribution in [0.4, 0.5) is 0 Å². The van der Waals surface area contributed by atoms with Crippen LogP contribution in [-0.2, 0) is 0 Å². The first-order valence-electron chi connectivity index (χ1n) is 4.47. The molecule has 1 N–H and O–H groups in total. The molecule has 1 heterocycles. The van der Waals surface area contributed by atoms with Gasteiger partial charge >= 0.3 is 11.3 Å². The molecule has 1 aromatic carbocycles. The lowest BCUT2D eigenvalue weighted by molar-refractivity contribution is -0.580. The highest BCUT2D eigenvalue weighted by Crippen LogP contribution is 2.13. The molecule has 0 aliphatic rings. The second-order valence-corrected chi connectivity index (χ2v) is 3.75. The van der Waals surface area contributed by atoms with Crippen LogP contribution < -0.4 is 10.3 Å². The second-order valence-electron chi connectivity index (χ2n) is 3.31. The number of nitrogens with one attached hydrogen (secondary N) is 1. The fraction of sp³-hybridized carbons (Fsp3) is 0.100. The first-order chi connectivity index (χ1) is 7.50. The number of nitrogens with zero attached hydrogens (tertiary/aromatic N) is 1. The summed E-state index contributed by atoms with van der Waals surface area (Å²) in [7, 11) is 0. The van der Waals surface area contributed by atoms with Gasteiger partial charge in [0.15, 0.2) is 0 Å². The van der Waals surface area contributed by atoms with E-state index >= 15 is 0 Å². The van der Waals surface area contributed by atoms with E-state index in [9.17, 15) is 14.8 Å². The van der Waals surface area contributed by atoms with E-state index in [0.717, 1.165) is 6.92 Å². The zero-order valence-electron chi connectivity index (χ0n) is 8.28. The van der Waals surface area contributed by atoms with Crippen LogP contribution in [0, 0.1) is 5.21 Å². The highest BCUT2D eigenvalue weighted by Gasteiger charge is 2.20. The first-order valence-corrected chi connectivity index (χ1v) is 4.84. The van der Waals surface area contributed by atoms with E-state index < -0.39 is 17.0 Å². The number of carbonyl (C=O) groups is 1. The molecule has 2 rings (SSSR count). The van der Waals surface area contributed by atoms with E-state index in [1.807, 2.05) is 0 Å². The molecule has 82 valence electrons. The van der Waals surface area contributed by atoms with Crippen molar-refractivity contribution in [3.8, 4) is 0 Å². The minimum absolute atomic E-state index is 0.164. The zero-order chi connectivity index (χ0) is 11.9. The van der Waals surface area contributed by atoms with Crippen molar-refractivity contribution in [2.24, 2.45) is 0 Å². The number of halogens is 1. The van der Waals surface area contributed by atoms with E-state index in [0.29, 0.717) is 15.3 Å². The fourth-order valence-corrected chi connectivity index (χ4v) is 1.64. The third kappa shape index (κ3) is 1.55. The highest BCUT2D eigenvalue weighted by molar-refractivity contribution is 6.31. The van der Waals surface area contributed by atoms with E-state index in [2.05, 4.69) is 4.98 Å². The van der Waals surface area contributed by atoms with Crippen LogP contribution in [0.15, 0.2) is 23.0 Å². The average molecular weight is 239 g/mol. The van der Waals surface area contributed by atoms with E-state index in [1.54, 1.807) is 6.07 Å². The molecule has 0 saturated carbocycles. The van der Waals surface area contributed by atoms with Gasteiger partial charge in [0.05, 0.1) is 0 Å². The van der Waals surface area contributed by atoms with Crippen molar-refractivity contribution >= 4 is 28.4 Å². The topological polar surface area (TPSA) is 76.9 Å². The summed E-state index contributed by atoms with van der Waals surface area (Å²) in [5.41, 5.74) is -0.626. The largest absolute Gasteiger partial charge is 0.618 e. The minimum Gasteiger partial charge on any atom is -0.618 e. The van der Waals surface area contributed by atoms with Crippen molar-refractivity contribution in [2.45, 2.75) is 6.92 Å². The van der Waals surface area contributed by atoms with E-state index in [-0.39, 0.29) is 5.52 Å². The SMILES string of the molecule is CC(=O)c1c(=O)[nH]c2ccc(Cl)cc2[n+]1[O-]. The monoisotopic (exact) mass is 238 g/mol. The standard InChI is InChI=1S/C10H7ClN2O3/c1-5(14)9-10(15)12-7-3-2-6(11)4-8(7)13(9)16/h2-4H,1H3,(H,12,15). The molecule has 0 unspecified atom stereocenters. The van der Waals surface area contributed by atoms with Crippen molar-refractivity contribution in [1.29, 1.82) is 0 Å². The summed E-state index contributed by atoms with van der Waals surface area (Å²) in [5, 5.41) is 12.1. The molecule has 0 bridgehead atoms. The molecule has 0 radical (unpaired) electrons. The van der Waals surface area contributed by atoms with E-state index in [4.69, 9.17) is 11.6 Å². The lowest BCUT2D eigenvalue weighted by Gasteiger charge is -2.04. The molecule has 0 saturated heterocycles. The molecule has 0 fully saturated rings. The number of ketones is 1. The summed E-state index contributed by atoms with van der Waals surface area (Å²) >= 11 is 5.73. The van der Waals surface area contributed by atoms with Crippen LogP contribution in [0.3, 0.4) is 0 Å². The Morgan fingerprint density at radius 2 is 2.19 bits per heavy atom. The molecule has 0 amide bonds. The lowest BCUT2D eigenvalue weighted by Crippen LogP contribution is -2.42. The summed E-state index contributed by atoms with van der Waals surface area (Å²) < 4.78 is 0.308. The Morgan fingerprint density at radius 3 is 2.81 bits per heavy atom. The number of aromatic amines is 1. The van der Waals surface area contributed by atoms with Crippen molar-refractivity contribution in [3.05, 3.63) is 44.5 Å². The van der Waals surface area contributed by atoms with Crippen molar-refractivity contribution in [3.63, 3.8) is 0 Å².